The van der Waals surface area contributed by atoms with Gasteiger partial charge in [-0.2, -0.15) is 0 Å². The summed E-state index contributed by atoms with van der Waals surface area (Å²) < 4.78 is 0. The average Bonchev–Trinajstić information content (AvgIpc) is 2.63. The van der Waals surface area contributed by atoms with Gasteiger partial charge in [0.15, 0.2) is 0 Å². The molecule has 0 radical (unpaired) electrons. The maximum atomic E-state index is 11.2. The minimum Gasteiger partial charge on any atom is -0.355 e. The predicted octanol–water partition coefficient (Wildman–Crippen LogP) is 0.0523. The van der Waals surface area contributed by atoms with Crippen molar-refractivity contribution in [2.75, 3.05) is 33.2 Å². The molecule has 1 rings (SSSR count). The predicted molar refractivity (Wildman–Crippen MR) is 61.8 cm³/mol. The third kappa shape index (κ3) is 4.18. The van der Waals surface area contributed by atoms with Crippen molar-refractivity contribution >= 4 is 5.91 Å². The molecule has 0 aromatic carbocycles. The molecule has 1 atom stereocenters. The van der Waals surface area contributed by atoms with Gasteiger partial charge in [0.05, 0.1) is 6.54 Å². The second kappa shape index (κ2) is 6.08. The van der Waals surface area contributed by atoms with Crippen molar-refractivity contribution in [1.82, 2.24) is 15.5 Å². The summed E-state index contributed by atoms with van der Waals surface area (Å²) in [6.45, 7) is 7.98. The molecule has 4 heteroatoms. The molecule has 0 saturated carbocycles. The number of hydrogen-bond donors (Lipinski definition) is 2. The van der Waals surface area contributed by atoms with Gasteiger partial charge in [0, 0.05) is 19.1 Å². The summed E-state index contributed by atoms with van der Waals surface area (Å²) in [6, 6.07) is 0.628. The number of hydrogen-bond acceptors (Lipinski definition) is 3. The Kier molecular flexibility index (Phi) is 5.05. The third-order valence-electron chi connectivity index (χ3n) is 2.97. The molecule has 1 amide bonds. The van der Waals surface area contributed by atoms with E-state index in [1.54, 1.807) is 7.05 Å². The Bertz CT molecular complexity index is 206. The summed E-state index contributed by atoms with van der Waals surface area (Å²) in [7, 11) is 1.79. The van der Waals surface area contributed by atoms with Crippen LogP contribution in [-0.2, 0) is 4.79 Å². The molecule has 1 fully saturated rings. The van der Waals surface area contributed by atoms with E-state index in [1.807, 2.05) is 0 Å². The molecule has 15 heavy (non-hydrogen) atoms. The van der Waals surface area contributed by atoms with Gasteiger partial charge in [0.2, 0.25) is 5.91 Å². The lowest BCUT2D eigenvalue weighted by Gasteiger charge is -2.20. The van der Waals surface area contributed by atoms with Crippen molar-refractivity contribution in [2.45, 2.75) is 26.3 Å². The smallest absolute Gasteiger partial charge is 0.233 e. The van der Waals surface area contributed by atoms with Crippen LogP contribution in [0.1, 0.15) is 20.3 Å². The second-order valence-corrected chi connectivity index (χ2v) is 4.58. The number of likely N-dealkylation sites (tertiary alicyclic amines) is 1. The number of carbonyl (C=O) groups excluding carboxylic acids is 1. The van der Waals surface area contributed by atoms with Crippen LogP contribution in [0.25, 0.3) is 0 Å². The highest BCUT2D eigenvalue weighted by molar-refractivity contribution is 5.77. The molecule has 1 saturated heterocycles. The van der Waals surface area contributed by atoms with Crippen LogP contribution in [0.3, 0.4) is 0 Å². The van der Waals surface area contributed by atoms with E-state index in [1.165, 1.54) is 13.0 Å². The standard InChI is InChI=1S/C11H23N3O/c1-9(2)14-5-4-10(8-14)6-13-11(15)7-12-3/h9-10,12H,4-8H2,1-3H3,(H,13,15). The van der Waals surface area contributed by atoms with Gasteiger partial charge >= 0.3 is 0 Å². The highest BCUT2D eigenvalue weighted by atomic mass is 16.1. The van der Waals surface area contributed by atoms with Crippen LogP contribution < -0.4 is 10.6 Å². The van der Waals surface area contributed by atoms with Crippen molar-refractivity contribution in [1.29, 1.82) is 0 Å². The van der Waals surface area contributed by atoms with E-state index in [-0.39, 0.29) is 5.91 Å². The number of amides is 1. The molecule has 0 aromatic rings. The van der Waals surface area contributed by atoms with Crippen LogP contribution in [0.5, 0.6) is 0 Å². The number of likely N-dealkylation sites (N-methyl/N-ethyl adjacent to an activating group) is 1. The van der Waals surface area contributed by atoms with Crippen molar-refractivity contribution < 1.29 is 4.79 Å². The first-order chi connectivity index (χ1) is 7.13. The number of carbonyl (C=O) groups is 1. The van der Waals surface area contributed by atoms with E-state index >= 15 is 0 Å². The average molecular weight is 213 g/mol. The lowest BCUT2D eigenvalue weighted by Crippen LogP contribution is -2.36. The molecule has 1 unspecified atom stereocenters. The van der Waals surface area contributed by atoms with Gasteiger partial charge in [-0.25, -0.2) is 0 Å². The van der Waals surface area contributed by atoms with E-state index in [0.29, 0.717) is 18.5 Å². The number of nitrogens with zero attached hydrogens (tertiary/aromatic N) is 1. The lowest BCUT2D eigenvalue weighted by atomic mass is 10.1. The molecule has 2 N–H and O–H groups in total. The summed E-state index contributed by atoms with van der Waals surface area (Å²) in [5.41, 5.74) is 0. The summed E-state index contributed by atoms with van der Waals surface area (Å²) in [4.78, 5) is 13.7. The van der Waals surface area contributed by atoms with Crippen LogP contribution in [0.15, 0.2) is 0 Å². The maximum absolute atomic E-state index is 11.2. The van der Waals surface area contributed by atoms with Gasteiger partial charge < -0.3 is 15.5 Å². The molecule has 0 bridgehead atoms. The van der Waals surface area contributed by atoms with Gasteiger partial charge in [-0.1, -0.05) is 0 Å². The maximum Gasteiger partial charge on any atom is 0.233 e. The molecular formula is C11H23N3O. The minimum atomic E-state index is 0.0977. The zero-order chi connectivity index (χ0) is 11.3. The van der Waals surface area contributed by atoms with Crippen LogP contribution in [0.2, 0.25) is 0 Å². The minimum absolute atomic E-state index is 0.0977. The molecule has 1 heterocycles. The Morgan fingerprint density at radius 3 is 2.80 bits per heavy atom. The Hall–Kier alpha value is -0.610. The van der Waals surface area contributed by atoms with Gasteiger partial charge in [-0.3, -0.25) is 4.79 Å². The molecule has 1 aliphatic heterocycles. The number of nitrogens with one attached hydrogen (secondary N) is 2. The SMILES string of the molecule is CNCC(=O)NCC1CCN(C(C)C)C1. The van der Waals surface area contributed by atoms with Crippen molar-refractivity contribution in [3.8, 4) is 0 Å². The monoisotopic (exact) mass is 213 g/mol. The molecule has 0 aliphatic carbocycles. The first-order valence-electron chi connectivity index (χ1n) is 5.78. The molecule has 0 spiro atoms. The van der Waals surface area contributed by atoms with Crippen molar-refractivity contribution in [2.24, 2.45) is 5.92 Å². The Labute approximate surface area is 92.4 Å². The Morgan fingerprint density at radius 2 is 2.27 bits per heavy atom. The zero-order valence-corrected chi connectivity index (χ0v) is 10.0. The molecule has 0 aromatic heterocycles. The molecule has 4 nitrogen and oxygen atoms in total. The van der Waals surface area contributed by atoms with E-state index < -0.39 is 0 Å². The van der Waals surface area contributed by atoms with Crippen LogP contribution in [0, 0.1) is 5.92 Å². The van der Waals surface area contributed by atoms with E-state index in [9.17, 15) is 4.79 Å². The topological polar surface area (TPSA) is 44.4 Å². The third-order valence-corrected chi connectivity index (χ3v) is 2.97. The number of rotatable bonds is 5. The Balaban J connectivity index is 2.16. The molecule has 1 aliphatic rings. The first kappa shape index (κ1) is 12.5. The molecular weight excluding hydrogens is 190 g/mol. The fraction of sp³-hybridized carbons (Fsp3) is 0.909. The summed E-state index contributed by atoms with van der Waals surface area (Å²) >= 11 is 0. The first-order valence-corrected chi connectivity index (χ1v) is 5.78. The van der Waals surface area contributed by atoms with Crippen molar-refractivity contribution in [3.63, 3.8) is 0 Å². The zero-order valence-electron chi connectivity index (χ0n) is 10.0. The van der Waals surface area contributed by atoms with Gasteiger partial charge in [0.25, 0.3) is 0 Å². The van der Waals surface area contributed by atoms with Crippen LogP contribution in [-0.4, -0.2) is 50.1 Å². The molecule has 88 valence electrons. The van der Waals surface area contributed by atoms with Gasteiger partial charge in [-0.15, -0.1) is 0 Å². The lowest BCUT2D eigenvalue weighted by molar-refractivity contribution is -0.120. The largest absolute Gasteiger partial charge is 0.355 e. The van der Waals surface area contributed by atoms with E-state index in [4.69, 9.17) is 0 Å². The summed E-state index contributed by atoms with van der Waals surface area (Å²) in [5, 5.41) is 5.80. The van der Waals surface area contributed by atoms with Crippen LogP contribution >= 0.6 is 0 Å². The summed E-state index contributed by atoms with van der Waals surface area (Å²) in [6.07, 6.45) is 1.21. The summed E-state index contributed by atoms with van der Waals surface area (Å²) in [5.74, 6) is 0.730. The highest BCUT2D eigenvalue weighted by Gasteiger charge is 2.24. The van der Waals surface area contributed by atoms with E-state index in [2.05, 4.69) is 29.4 Å². The van der Waals surface area contributed by atoms with Gasteiger partial charge in [0.1, 0.15) is 0 Å². The van der Waals surface area contributed by atoms with Crippen molar-refractivity contribution in [3.05, 3.63) is 0 Å². The second-order valence-electron chi connectivity index (χ2n) is 4.58. The van der Waals surface area contributed by atoms with Crippen LogP contribution in [0.4, 0.5) is 0 Å². The Morgan fingerprint density at radius 1 is 1.53 bits per heavy atom. The fourth-order valence-corrected chi connectivity index (χ4v) is 1.98. The van der Waals surface area contributed by atoms with E-state index in [0.717, 1.165) is 13.1 Å². The fourth-order valence-electron chi connectivity index (χ4n) is 1.98. The normalized spacial score (nSPS) is 22.3. The quantitative estimate of drug-likeness (QED) is 0.678. The highest BCUT2D eigenvalue weighted by Crippen LogP contribution is 2.17. The van der Waals surface area contributed by atoms with Gasteiger partial charge in [-0.05, 0) is 39.8 Å².